The van der Waals surface area contributed by atoms with Crippen molar-refractivity contribution in [3.8, 4) is 0 Å². The van der Waals surface area contributed by atoms with Crippen molar-refractivity contribution in [2.75, 3.05) is 40.3 Å². The number of carbonyl (C=O) groups is 1. The Balaban J connectivity index is 2.67. The van der Waals surface area contributed by atoms with Crippen molar-refractivity contribution in [3.63, 3.8) is 0 Å². The number of aliphatic imine (C=N–C) groups is 1. The summed E-state index contributed by atoms with van der Waals surface area (Å²) in [4.78, 5) is 19.0. The van der Waals surface area contributed by atoms with E-state index in [-0.39, 0.29) is 5.91 Å². The Kier molecular flexibility index (Phi) is 11.2. The average molecular weight is 376 g/mol. The van der Waals surface area contributed by atoms with Gasteiger partial charge in [-0.05, 0) is 44.6 Å². The molecule has 1 rings (SSSR count). The molecule has 6 nitrogen and oxygen atoms in total. The number of benzene rings is 1. The Morgan fingerprint density at radius 1 is 1.11 bits per heavy atom. The molecule has 0 atom stereocenters. The van der Waals surface area contributed by atoms with Crippen LogP contribution in [-0.4, -0.2) is 57.0 Å². The number of nitrogens with zero attached hydrogens (tertiary/aromatic N) is 2. The van der Waals surface area contributed by atoms with Crippen LogP contribution in [0, 0.1) is 5.92 Å². The molecular weight excluding hydrogens is 338 g/mol. The van der Waals surface area contributed by atoms with Crippen LogP contribution < -0.4 is 16.0 Å². The smallest absolute Gasteiger partial charge is 0.251 e. The van der Waals surface area contributed by atoms with E-state index in [1.807, 2.05) is 43.3 Å². The van der Waals surface area contributed by atoms with Crippen LogP contribution in [0.25, 0.3) is 0 Å². The quantitative estimate of drug-likeness (QED) is 0.411. The van der Waals surface area contributed by atoms with Crippen molar-refractivity contribution in [1.82, 2.24) is 20.9 Å². The van der Waals surface area contributed by atoms with Crippen LogP contribution in [0.1, 0.15) is 49.5 Å². The van der Waals surface area contributed by atoms with Gasteiger partial charge in [0, 0.05) is 31.7 Å². The molecular formula is C21H37N5O. The third kappa shape index (κ3) is 9.43. The number of hydrogen-bond donors (Lipinski definition) is 3. The molecule has 0 radical (unpaired) electrons. The van der Waals surface area contributed by atoms with E-state index in [1.54, 1.807) is 0 Å². The van der Waals surface area contributed by atoms with Gasteiger partial charge in [-0.1, -0.05) is 38.8 Å². The van der Waals surface area contributed by atoms with Gasteiger partial charge in [0.1, 0.15) is 0 Å². The van der Waals surface area contributed by atoms with E-state index in [1.165, 1.54) is 0 Å². The summed E-state index contributed by atoms with van der Waals surface area (Å²) in [5, 5.41) is 9.66. The topological polar surface area (TPSA) is 68.8 Å². The summed E-state index contributed by atoms with van der Waals surface area (Å²) in [6.07, 6.45) is 2.32. The first-order valence-corrected chi connectivity index (χ1v) is 10.0. The normalized spacial score (nSPS) is 11.7. The van der Waals surface area contributed by atoms with Crippen LogP contribution in [0.5, 0.6) is 0 Å². The van der Waals surface area contributed by atoms with Crippen LogP contribution >= 0.6 is 0 Å². The number of likely N-dealkylation sites (N-methyl/N-ethyl adjacent to an activating group) is 1. The Hall–Kier alpha value is -2.08. The molecule has 0 bridgehead atoms. The number of rotatable bonds is 11. The first kappa shape index (κ1) is 23.0. The maximum Gasteiger partial charge on any atom is 0.251 e. The fraction of sp³-hybridized carbons (Fsp3) is 0.619. The SMILES string of the molecule is CCNC(=NCc1cccc(C(=O)NCCN(C)C)c1)NCC(CC)CC. The van der Waals surface area contributed by atoms with Crippen molar-refractivity contribution >= 4 is 11.9 Å². The van der Waals surface area contributed by atoms with E-state index in [0.29, 0.717) is 24.6 Å². The van der Waals surface area contributed by atoms with Gasteiger partial charge in [0.2, 0.25) is 0 Å². The minimum Gasteiger partial charge on any atom is -0.357 e. The summed E-state index contributed by atoms with van der Waals surface area (Å²) in [6.45, 7) is 10.2. The van der Waals surface area contributed by atoms with Crippen LogP contribution in [-0.2, 0) is 6.54 Å². The number of hydrogen-bond acceptors (Lipinski definition) is 3. The minimum atomic E-state index is -0.0403. The summed E-state index contributed by atoms with van der Waals surface area (Å²) >= 11 is 0. The lowest BCUT2D eigenvalue weighted by Gasteiger charge is -2.16. The monoisotopic (exact) mass is 375 g/mol. The molecule has 0 spiro atoms. The second-order valence-electron chi connectivity index (χ2n) is 7.02. The van der Waals surface area contributed by atoms with Gasteiger partial charge in [-0.15, -0.1) is 0 Å². The zero-order valence-corrected chi connectivity index (χ0v) is 17.6. The zero-order valence-electron chi connectivity index (χ0n) is 17.6. The van der Waals surface area contributed by atoms with Crippen LogP contribution in [0.4, 0.5) is 0 Å². The predicted molar refractivity (Wildman–Crippen MR) is 114 cm³/mol. The van der Waals surface area contributed by atoms with Crippen molar-refractivity contribution in [2.24, 2.45) is 10.9 Å². The third-order valence-corrected chi connectivity index (χ3v) is 4.51. The first-order chi connectivity index (χ1) is 13.0. The second-order valence-corrected chi connectivity index (χ2v) is 7.02. The van der Waals surface area contributed by atoms with Gasteiger partial charge in [0.15, 0.2) is 5.96 Å². The highest BCUT2D eigenvalue weighted by atomic mass is 16.1. The zero-order chi connectivity index (χ0) is 20.1. The maximum atomic E-state index is 12.3. The van der Waals surface area contributed by atoms with Crippen molar-refractivity contribution in [2.45, 2.75) is 40.2 Å². The predicted octanol–water partition coefficient (Wildman–Crippen LogP) is 2.47. The second kappa shape index (κ2) is 13.1. The molecule has 6 heteroatoms. The number of nitrogens with one attached hydrogen (secondary N) is 3. The lowest BCUT2D eigenvalue weighted by molar-refractivity contribution is 0.0951. The molecule has 1 aromatic rings. The lowest BCUT2D eigenvalue weighted by atomic mass is 10.0. The molecule has 0 saturated heterocycles. The van der Waals surface area contributed by atoms with Gasteiger partial charge >= 0.3 is 0 Å². The van der Waals surface area contributed by atoms with E-state index in [2.05, 4.69) is 41.7 Å². The summed E-state index contributed by atoms with van der Waals surface area (Å²) in [6, 6.07) is 7.68. The molecule has 1 amide bonds. The van der Waals surface area contributed by atoms with Gasteiger partial charge in [0.05, 0.1) is 6.54 Å². The van der Waals surface area contributed by atoms with Crippen LogP contribution in [0.3, 0.4) is 0 Å². The molecule has 1 aromatic carbocycles. The summed E-state index contributed by atoms with van der Waals surface area (Å²) in [5.74, 6) is 1.44. The average Bonchev–Trinajstić information content (AvgIpc) is 2.66. The van der Waals surface area contributed by atoms with Crippen molar-refractivity contribution < 1.29 is 4.79 Å². The molecule has 27 heavy (non-hydrogen) atoms. The molecule has 0 saturated carbocycles. The highest BCUT2D eigenvalue weighted by Crippen LogP contribution is 2.07. The van der Waals surface area contributed by atoms with Crippen molar-refractivity contribution in [1.29, 1.82) is 0 Å². The number of guanidine groups is 1. The van der Waals surface area contributed by atoms with E-state index < -0.39 is 0 Å². The largest absolute Gasteiger partial charge is 0.357 e. The summed E-state index contributed by atoms with van der Waals surface area (Å²) in [7, 11) is 3.98. The lowest BCUT2D eigenvalue weighted by Crippen LogP contribution is -2.39. The maximum absolute atomic E-state index is 12.3. The fourth-order valence-electron chi connectivity index (χ4n) is 2.64. The number of carbonyl (C=O) groups excluding carboxylic acids is 1. The van der Waals surface area contributed by atoms with E-state index in [9.17, 15) is 4.79 Å². The molecule has 0 heterocycles. The Bertz CT molecular complexity index is 582. The molecule has 152 valence electrons. The van der Waals surface area contributed by atoms with E-state index in [4.69, 9.17) is 0 Å². The summed E-state index contributed by atoms with van der Waals surface area (Å²) < 4.78 is 0. The van der Waals surface area contributed by atoms with E-state index in [0.717, 1.165) is 44.0 Å². The van der Waals surface area contributed by atoms with Crippen LogP contribution in [0.2, 0.25) is 0 Å². The molecule has 0 aliphatic rings. The van der Waals surface area contributed by atoms with Crippen molar-refractivity contribution in [3.05, 3.63) is 35.4 Å². The van der Waals surface area contributed by atoms with Gasteiger partial charge in [-0.2, -0.15) is 0 Å². The molecule has 0 aliphatic carbocycles. The van der Waals surface area contributed by atoms with E-state index >= 15 is 0 Å². The number of amides is 1. The van der Waals surface area contributed by atoms with Gasteiger partial charge < -0.3 is 20.9 Å². The standard InChI is InChI=1S/C21H37N5O/c1-6-17(7-2)15-24-21(22-8-3)25-16-18-10-9-11-19(14-18)20(27)23-12-13-26(4)5/h9-11,14,17H,6-8,12-13,15-16H2,1-5H3,(H,23,27)(H2,22,24,25). The first-order valence-electron chi connectivity index (χ1n) is 10.0. The van der Waals surface area contributed by atoms with Crippen LogP contribution in [0.15, 0.2) is 29.3 Å². The van der Waals surface area contributed by atoms with Gasteiger partial charge in [-0.3, -0.25) is 4.79 Å². The highest BCUT2D eigenvalue weighted by Gasteiger charge is 2.07. The molecule has 0 unspecified atom stereocenters. The fourth-order valence-corrected chi connectivity index (χ4v) is 2.64. The molecule has 0 fully saturated rings. The molecule has 3 N–H and O–H groups in total. The molecule has 0 aromatic heterocycles. The molecule has 0 aliphatic heterocycles. The van der Waals surface area contributed by atoms with Gasteiger partial charge in [-0.25, -0.2) is 4.99 Å². The highest BCUT2D eigenvalue weighted by molar-refractivity contribution is 5.94. The minimum absolute atomic E-state index is 0.0403. The van der Waals surface area contributed by atoms with Gasteiger partial charge in [0.25, 0.3) is 5.91 Å². The Morgan fingerprint density at radius 3 is 2.48 bits per heavy atom. The Morgan fingerprint density at radius 2 is 1.85 bits per heavy atom. The Labute approximate surface area is 164 Å². The third-order valence-electron chi connectivity index (χ3n) is 4.51. The summed E-state index contributed by atoms with van der Waals surface area (Å²) in [5.41, 5.74) is 1.70.